The standard InChI is InChI=1S/C20H30O5/c1-2-3-4-5-6-7-8-9-10-11-14-25-18-15-16(19(21)22)12-13-17(18)20(23)24/h12-13,15H,2-11,14H2,1H3,(H,21,22)(H,23,24). The van der Waals surface area contributed by atoms with Crippen LogP contribution in [0.3, 0.4) is 0 Å². The van der Waals surface area contributed by atoms with Crippen molar-refractivity contribution in [3.8, 4) is 5.75 Å². The van der Waals surface area contributed by atoms with Gasteiger partial charge in [-0.05, 0) is 24.6 Å². The van der Waals surface area contributed by atoms with Gasteiger partial charge < -0.3 is 14.9 Å². The molecule has 5 nitrogen and oxygen atoms in total. The number of unbranched alkanes of at least 4 members (excludes halogenated alkanes) is 9. The summed E-state index contributed by atoms with van der Waals surface area (Å²) in [5, 5.41) is 18.1. The number of ether oxygens (including phenoxy) is 1. The molecule has 25 heavy (non-hydrogen) atoms. The molecule has 0 amide bonds. The maximum absolute atomic E-state index is 11.2. The Morgan fingerprint density at radius 1 is 0.840 bits per heavy atom. The Kier molecular flexibility index (Phi) is 10.4. The van der Waals surface area contributed by atoms with Gasteiger partial charge in [-0.15, -0.1) is 0 Å². The van der Waals surface area contributed by atoms with Crippen molar-refractivity contribution in [2.45, 2.75) is 71.1 Å². The Labute approximate surface area is 150 Å². The van der Waals surface area contributed by atoms with Crippen LogP contribution in [0.5, 0.6) is 5.75 Å². The van der Waals surface area contributed by atoms with Gasteiger partial charge in [0.2, 0.25) is 0 Å². The minimum absolute atomic E-state index is 0.00270. The second kappa shape index (κ2) is 12.3. The molecule has 0 saturated carbocycles. The molecule has 5 heteroatoms. The van der Waals surface area contributed by atoms with Crippen LogP contribution in [-0.4, -0.2) is 28.8 Å². The minimum atomic E-state index is -1.12. The van der Waals surface area contributed by atoms with E-state index < -0.39 is 11.9 Å². The number of carbonyl (C=O) groups is 2. The molecular weight excluding hydrogens is 320 g/mol. The summed E-state index contributed by atoms with van der Waals surface area (Å²) >= 11 is 0. The monoisotopic (exact) mass is 350 g/mol. The summed E-state index contributed by atoms with van der Waals surface area (Å²) in [6.07, 6.45) is 12.1. The van der Waals surface area contributed by atoms with Crippen molar-refractivity contribution in [3.05, 3.63) is 29.3 Å². The smallest absolute Gasteiger partial charge is 0.339 e. The molecule has 2 N–H and O–H groups in total. The number of benzene rings is 1. The van der Waals surface area contributed by atoms with E-state index in [1.807, 2.05) is 0 Å². The van der Waals surface area contributed by atoms with Crippen LogP contribution >= 0.6 is 0 Å². The van der Waals surface area contributed by atoms with Crippen molar-refractivity contribution in [2.24, 2.45) is 0 Å². The van der Waals surface area contributed by atoms with E-state index in [0.29, 0.717) is 6.61 Å². The zero-order chi connectivity index (χ0) is 18.5. The van der Waals surface area contributed by atoms with Gasteiger partial charge in [0.25, 0.3) is 0 Å². The van der Waals surface area contributed by atoms with Crippen molar-refractivity contribution < 1.29 is 24.5 Å². The zero-order valence-electron chi connectivity index (χ0n) is 15.1. The van der Waals surface area contributed by atoms with E-state index in [2.05, 4.69) is 6.92 Å². The van der Waals surface area contributed by atoms with Crippen molar-refractivity contribution >= 4 is 11.9 Å². The third kappa shape index (κ3) is 8.57. The summed E-state index contributed by atoms with van der Waals surface area (Å²) in [7, 11) is 0. The molecule has 0 radical (unpaired) electrons. The third-order valence-corrected chi connectivity index (χ3v) is 4.21. The van der Waals surface area contributed by atoms with E-state index in [1.54, 1.807) is 0 Å². The van der Waals surface area contributed by atoms with Crippen LogP contribution in [0.2, 0.25) is 0 Å². The van der Waals surface area contributed by atoms with Gasteiger partial charge in [0.15, 0.2) is 0 Å². The van der Waals surface area contributed by atoms with Gasteiger partial charge in [0.05, 0.1) is 12.2 Å². The van der Waals surface area contributed by atoms with Gasteiger partial charge >= 0.3 is 11.9 Å². The lowest BCUT2D eigenvalue weighted by atomic mass is 10.1. The summed E-state index contributed by atoms with van der Waals surface area (Å²) < 4.78 is 5.52. The fourth-order valence-corrected chi connectivity index (χ4v) is 2.72. The van der Waals surface area contributed by atoms with E-state index in [0.717, 1.165) is 19.3 Å². The van der Waals surface area contributed by atoms with Gasteiger partial charge in [-0.25, -0.2) is 9.59 Å². The largest absolute Gasteiger partial charge is 0.493 e. The molecule has 1 aromatic rings. The first kappa shape index (κ1) is 21.0. The molecule has 0 fully saturated rings. The van der Waals surface area contributed by atoms with Gasteiger partial charge in [-0.2, -0.15) is 0 Å². The molecule has 0 aliphatic heterocycles. The van der Waals surface area contributed by atoms with Crippen LogP contribution < -0.4 is 4.74 Å². The molecule has 1 aromatic carbocycles. The normalized spacial score (nSPS) is 10.6. The molecule has 0 bridgehead atoms. The van der Waals surface area contributed by atoms with Crippen LogP contribution in [0, 0.1) is 0 Å². The quantitative estimate of drug-likeness (QED) is 0.440. The Morgan fingerprint density at radius 2 is 1.40 bits per heavy atom. The molecule has 0 aliphatic rings. The highest BCUT2D eigenvalue weighted by Crippen LogP contribution is 2.21. The van der Waals surface area contributed by atoms with Crippen molar-refractivity contribution in [1.29, 1.82) is 0 Å². The zero-order valence-corrected chi connectivity index (χ0v) is 15.1. The second-order valence-electron chi connectivity index (χ2n) is 6.35. The number of aromatic carboxylic acids is 2. The first-order valence-electron chi connectivity index (χ1n) is 9.29. The van der Waals surface area contributed by atoms with Crippen molar-refractivity contribution in [3.63, 3.8) is 0 Å². The van der Waals surface area contributed by atoms with E-state index in [4.69, 9.17) is 14.9 Å². The molecule has 140 valence electrons. The van der Waals surface area contributed by atoms with Gasteiger partial charge in [0, 0.05) is 0 Å². The molecular formula is C20H30O5. The van der Waals surface area contributed by atoms with Crippen LogP contribution in [0.1, 0.15) is 91.8 Å². The Balaban J connectivity index is 2.24. The highest BCUT2D eigenvalue weighted by molar-refractivity contribution is 5.94. The lowest BCUT2D eigenvalue weighted by Crippen LogP contribution is -2.07. The highest BCUT2D eigenvalue weighted by atomic mass is 16.5. The summed E-state index contributed by atoms with van der Waals surface area (Å²) in [5.74, 6) is -2.08. The second-order valence-corrected chi connectivity index (χ2v) is 6.35. The van der Waals surface area contributed by atoms with Gasteiger partial charge in [0.1, 0.15) is 11.3 Å². The first-order chi connectivity index (χ1) is 12.1. The summed E-state index contributed by atoms with van der Waals surface area (Å²) in [4.78, 5) is 22.2. The number of hydrogen-bond acceptors (Lipinski definition) is 3. The molecule has 0 aliphatic carbocycles. The topological polar surface area (TPSA) is 83.8 Å². The lowest BCUT2D eigenvalue weighted by Gasteiger charge is -2.10. The van der Waals surface area contributed by atoms with Crippen LogP contribution in [0.4, 0.5) is 0 Å². The predicted molar refractivity (Wildman–Crippen MR) is 97.7 cm³/mol. The Morgan fingerprint density at radius 3 is 1.92 bits per heavy atom. The average Bonchev–Trinajstić information content (AvgIpc) is 2.59. The van der Waals surface area contributed by atoms with Gasteiger partial charge in [-0.3, -0.25) is 0 Å². The SMILES string of the molecule is CCCCCCCCCCCCOc1cc(C(=O)O)ccc1C(=O)O. The number of hydrogen-bond donors (Lipinski definition) is 2. The Bertz CT molecular complexity index is 539. The molecule has 0 spiro atoms. The highest BCUT2D eigenvalue weighted by Gasteiger charge is 2.14. The molecule has 1 rings (SSSR count). The van der Waals surface area contributed by atoms with Crippen molar-refractivity contribution in [1.82, 2.24) is 0 Å². The maximum atomic E-state index is 11.2. The Hall–Kier alpha value is -2.04. The minimum Gasteiger partial charge on any atom is -0.493 e. The van der Waals surface area contributed by atoms with E-state index in [1.165, 1.54) is 63.1 Å². The molecule has 0 heterocycles. The third-order valence-electron chi connectivity index (χ3n) is 4.21. The summed E-state index contributed by atoms with van der Waals surface area (Å²) in [5.41, 5.74) is 0.0279. The number of rotatable bonds is 14. The molecule has 0 saturated heterocycles. The fourth-order valence-electron chi connectivity index (χ4n) is 2.72. The fraction of sp³-hybridized carbons (Fsp3) is 0.600. The molecule has 0 unspecified atom stereocenters. The first-order valence-corrected chi connectivity index (χ1v) is 9.29. The van der Waals surface area contributed by atoms with Crippen molar-refractivity contribution in [2.75, 3.05) is 6.61 Å². The summed E-state index contributed by atoms with van der Waals surface area (Å²) in [6.45, 7) is 2.62. The number of carboxylic acids is 2. The van der Waals surface area contributed by atoms with Crippen LogP contribution in [0.25, 0.3) is 0 Å². The number of carboxylic acid groups (broad SMARTS) is 2. The predicted octanol–water partition coefficient (Wildman–Crippen LogP) is 5.38. The van der Waals surface area contributed by atoms with Gasteiger partial charge in [-0.1, -0.05) is 64.7 Å². The molecule has 0 aromatic heterocycles. The summed E-state index contributed by atoms with van der Waals surface area (Å²) in [6, 6.07) is 3.83. The lowest BCUT2D eigenvalue weighted by molar-refractivity contribution is 0.0677. The maximum Gasteiger partial charge on any atom is 0.339 e. The average molecular weight is 350 g/mol. The van der Waals surface area contributed by atoms with E-state index in [9.17, 15) is 9.59 Å². The van der Waals surface area contributed by atoms with Crippen LogP contribution in [-0.2, 0) is 0 Å². The van der Waals surface area contributed by atoms with E-state index in [-0.39, 0.29) is 16.9 Å². The molecule has 0 atom stereocenters. The van der Waals surface area contributed by atoms with E-state index >= 15 is 0 Å². The van der Waals surface area contributed by atoms with Crippen LogP contribution in [0.15, 0.2) is 18.2 Å².